The van der Waals surface area contributed by atoms with Gasteiger partial charge in [-0.15, -0.1) is 0 Å². The van der Waals surface area contributed by atoms with E-state index in [1.165, 1.54) is 70.6 Å². The Morgan fingerprint density at radius 2 is 1.35 bits per heavy atom. The quantitative estimate of drug-likeness (QED) is 0.156. The highest BCUT2D eigenvalue weighted by molar-refractivity contribution is 7.99. The van der Waals surface area contributed by atoms with Gasteiger partial charge in [0.2, 0.25) is 0 Å². The minimum absolute atomic E-state index is 0.109. The van der Waals surface area contributed by atoms with E-state index in [-0.39, 0.29) is 5.41 Å². The van der Waals surface area contributed by atoms with Crippen LogP contribution in [0.15, 0.2) is 168 Å². The lowest BCUT2D eigenvalue weighted by atomic mass is 9.81. The first-order valence-corrected chi connectivity index (χ1v) is 17.8. The van der Waals surface area contributed by atoms with Crippen LogP contribution in [-0.2, 0) is 5.41 Å². The van der Waals surface area contributed by atoms with Crippen LogP contribution >= 0.6 is 11.8 Å². The van der Waals surface area contributed by atoms with Crippen molar-refractivity contribution in [3.8, 4) is 33.4 Å². The third-order valence-electron chi connectivity index (χ3n) is 10.1. The van der Waals surface area contributed by atoms with Gasteiger partial charge in [-0.2, -0.15) is 0 Å². The van der Waals surface area contributed by atoms with Crippen LogP contribution in [0, 0.1) is 6.92 Å². The zero-order valence-electron chi connectivity index (χ0n) is 28.5. The Hall–Kier alpha value is -5.31. The molecule has 1 aliphatic carbocycles. The largest absolute Gasteiger partial charge is 0.310 e. The summed E-state index contributed by atoms with van der Waals surface area (Å²) in [6, 6.07) is 46.9. The molecular formula is C47H39NS. The molecule has 1 nitrogen and oxygen atoms in total. The van der Waals surface area contributed by atoms with Crippen molar-refractivity contribution in [1.29, 1.82) is 0 Å². The summed E-state index contributed by atoms with van der Waals surface area (Å²) in [6.07, 6.45) is 8.25. The van der Waals surface area contributed by atoms with Crippen molar-refractivity contribution in [2.24, 2.45) is 0 Å². The molecule has 238 valence electrons. The summed E-state index contributed by atoms with van der Waals surface area (Å²) in [6.45, 7) is 13.5. The molecule has 2 heteroatoms. The van der Waals surface area contributed by atoms with Gasteiger partial charge in [-0.25, -0.2) is 0 Å². The first kappa shape index (κ1) is 31.0. The summed E-state index contributed by atoms with van der Waals surface area (Å²) in [5.41, 5.74) is 14.8. The third-order valence-corrected chi connectivity index (χ3v) is 11.3. The standard InChI is InChI=1S/C47H39NS/c1-6-7-9-16-32(3)48-42-27-24-34(33-17-10-8-11-18-33)28-39(42)37-25-22-36(30-43(37)48)35-23-26-38-41(29-35)47(4,5)40-19-14-21-45(46(38)40)49-44-20-13-12-15-31(44)2/h6-30H,3H2,1-2,4-5H3/b7-6-,16-9-. The number of aromatic nitrogens is 1. The van der Waals surface area contributed by atoms with Crippen LogP contribution in [0.1, 0.15) is 37.5 Å². The van der Waals surface area contributed by atoms with Crippen molar-refractivity contribution < 1.29 is 0 Å². The van der Waals surface area contributed by atoms with Gasteiger partial charge in [-0.3, -0.25) is 0 Å². The molecule has 0 atom stereocenters. The van der Waals surface area contributed by atoms with Crippen molar-refractivity contribution in [2.75, 3.05) is 0 Å². The number of benzene rings is 6. The topological polar surface area (TPSA) is 4.93 Å². The number of fused-ring (bicyclic) bond motifs is 6. The van der Waals surface area contributed by atoms with Gasteiger partial charge in [0.1, 0.15) is 0 Å². The fourth-order valence-electron chi connectivity index (χ4n) is 7.48. The molecule has 0 fully saturated rings. The predicted octanol–water partition coefficient (Wildman–Crippen LogP) is 13.5. The first-order valence-electron chi connectivity index (χ1n) is 17.0. The maximum atomic E-state index is 4.53. The second kappa shape index (κ2) is 12.3. The second-order valence-electron chi connectivity index (χ2n) is 13.5. The van der Waals surface area contributed by atoms with Crippen LogP contribution in [0.2, 0.25) is 0 Å². The number of nitrogens with zero attached hydrogens (tertiary/aromatic N) is 1. The van der Waals surface area contributed by atoms with E-state index in [1.54, 1.807) is 0 Å². The van der Waals surface area contributed by atoms with Crippen molar-refractivity contribution in [3.05, 3.63) is 175 Å². The highest BCUT2D eigenvalue weighted by Crippen LogP contribution is 2.53. The lowest BCUT2D eigenvalue weighted by Crippen LogP contribution is -2.15. The summed E-state index contributed by atoms with van der Waals surface area (Å²) in [7, 11) is 0. The van der Waals surface area contributed by atoms with Crippen molar-refractivity contribution in [2.45, 2.75) is 42.9 Å². The van der Waals surface area contributed by atoms with Gasteiger partial charge >= 0.3 is 0 Å². The molecule has 1 aliphatic rings. The Kier molecular flexibility index (Phi) is 7.77. The highest BCUT2D eigenvalue weighted by atomic mass is 32.2. The lowest BCUT2D eigenvalue weighted by molar-refractivity contribution is 0.660. The SMILES string of the molecule is C=C(/C=C\C=C/C)n1c2ccc(-c3ccccc3)cc2c2ccc(-c3ccc4c(c3)C(C)(C)c3cccc(Sc5ccccc5C)c3-4)cc21. The molecule has 7 aromatic rings. The molecule has 0 amide bonds. The summed E-state index contributed by atoms with van der Waals surface area (Å²) >= 11 is 1.88. The molecule has 0 saturated heterocycles. The molecule has 0 radical (unpaired) electrons. The fraction of sp³-hybridized carbons (Fsp3) is 0.106. The number of rotatable bonds is 7. The Balaban J connectivity index is 1.26. The van der Waals surface area contributed by atoms with Gasteiger partial charge in [-0.05, 0) is 106 Å². The van der Waals surface area contributed by atoms with Crippen LogP contribution in [-0.4, -0.2) is 4.57 Å². The molecule has 0 aliphatic heterocycles. The second-order valence-corrected chi connectivity index (χ2v) is 14.6. The summed E-state index contributed by atoms with van der Waals surface area (Å²) < 4.78 is 2.31. The molecule has 0 bridgehead atoms. The van der Waals surface area contributed by atoms with Gasteiger partial charge in [-0.1, -0.05) is 141 Å². The van der Waals surface area contributed by atoms with Crippen LogP contribution in [0.25, 0.3) is 60.9 Å². The predicted molar refractivity (Wildman–Crippen MR) is 212 cm³/mol. The van der Waals surface area contributed by atoms with E-state index < -0.39 is 0 Å². The van der Waals surface area contributed by atoms with Crippen molar-refractivity contribution in [3.63, 3.8) is 0 Å². The maximum Gasteiger partial charge on any atom is 0.0547 e. The van der Waals surface area contributed by atoms with Crippen LogP contribution < -0.4 is 0 Å². The normalized spacial score (nSPS) is 13.5. The van der Waals surface area contributed by atoms with Crippen LogP contribution in [0.3, 0.4) is 0 Å². The third kappa shape index (κ3) is 5.28. The van der Waals surface area contributed by atoms with E-state index in [0.717, 1.165) is 16.7 Å². The number of aryl methyl sites for hydroxylation is 1. The van der Waals surface area contributed by atoms with E-state index in [1.807, 2.05) is 30.8 Å². The molecular weight excluding hydrogens is 611 g/mol. The van der Waals surface area contributed by atoms with E-state index in [0.29, 0.717) is 0 Å². The minimum Gasteiger partial charge on any atom is -0.310 e. The van der Waals surface area contributed by atoms with Crippen LogP contribution in [0.4, 0.5) is 0 Å². The van der Waals surface area contributed by atoms with E-state index in [4.69, 9.17) is 0 Å². The highest BCUT2D eigenvalue weighted by Gasteiger charge is 2.37. The fourth-order valence-corrected chi connectivity index (χ4v) is 8.56. The Morgan fingerprint density at radius 1 is 0.633 bits per heavy atom. The van der Waals surface area contributed by atoms with Crippen molar-refractivity contribution in [1.82, 2.24) is 4.57 Å². The summed E-state index contributed by atoms with van der Waals surface area (Å²) in [4.78, 5) is 2.62. The van der Waals surface area contributed by atoms with E-state index in [2.05, 4.69) is 171 Å². The molecule has 1 heterocycles. The Labute approximate surface area is 294 Å². The molecule has 6 aromatic carbocycles. The average Bonchev–Trinajstić information content (AvgIpc) is 3.57. The smallest absolute Gasteiger partial charge is 0.0547 e. The molecule has 0 spiro atoms. The van der Waals surface area contributed by atoms with E-state index >= 15 is 0 Å². The molecule has 1 aromatic heterocycles. The van der Waals surface area contributed by atoms with E-state index in [9.17, 15) is 0 Å². The maximum absolute atomic E-state index is 4.53. The molecule has 0 unspecified atom stereocenters. The molecule has 0 N–H and O–H groups in total. The van der Waals surface area contributed by atoms with Gasteiger partial charge in [0.15, 0.2) is 0 Å². The summed E-state index contributed by atoms with van der Waals surface area (Å²) in [5, 5.41) is 2.46. The summed E-state index contributed by atoms with van der Waals surface area (Å²) in [5.74, 6) is 0. The molecule has 49 heavy (non-hydrogen) atoms. The average molecular weight is 650 g/mol. The zero-order valence-corrected chi connectivity index (χ0v) is 29.3. The number of hydrogen-bond acceptors (Lipinski definition) is 1. The Bertz CT molecular complexity index is 2470. The van der Waals surface area contributed by atoms with Gasteiger partial charge in [0.05, 0.1) is 11.0 Å². The first-order chi connectivity index (χ1) is 23.8. The lowest BCUT2D eigenvalue weighted by Gasteiger charge is -2.22. The van der Waals surface area contributed by atoms with Gasteiger partial charge < -0.3 is 4.57 Å². The van der Waals surface area contributed by atoms with Gasteiger partial charge in [0.25, 0.3) is 0 Å². The monoisotopic (exact) mass is 649 g/mol. The number of hydrogen-bond donors (Lipinski definition) is 0. The van der Waals surface area contributed by atoms with Gasteiger partial charge in [0, 0.05) is 31.7 Å². The number of allylic oxidation sites excluding steroid dienone is 5. The van der Waals surface area contributed by atoms with Crippen LogP contribution in [0.5, 0.6) is 0 Å². The molecule has 0 saturated carbocycles. The molecule has 8 rings (SSSR count). The van der Waals surface area contributed by atoms with Crippen molar-refractivity contribution >= 4 is 39.3 Å². The minimum atomic E-state index is -0.109. The zero-order chi connectivity index (χ0) is 33.7. The Morgan fingerprint density at radius 3 is 2.16 bits per heavy atom.